The number of aromatic nitrogens is 2. The predicted molar refractivity (Wildman–Crippen MR) is 144 cm³/mol. The third-order valence-corrected chi connectivity index (χ3v) is 5.96. The number of rotatable bonds is 5. The molecule has 0 spiro atoms. The average Bonchev–Trinajstić information content (AvgIpc) is 3.02. The molecule has 0 radical (unpaired) electrons. The molecule has 3 N–H and O–H groups in total. The van der Waals surface area contributed by atoms with E-state index in [1.807, 2.05) is 20.8 Å². The van der Waals surface area contributed by atoms with Crippen molar-refractivity contribution in [3.05, 3.63) is 78.1 Å². The van der Waals surface area contributed by atoms with E-state index in [9.17, 15) is 18.0 Å². The Bertz CT molecular complexity index is 1110. The molecular weight excluding hydrogens is 495 g/mol. The maximum Gasteiger partial charge on any atom is 0.416 e. The molecule has 1 aromatic heterocycles. The van der Waals surface area contributed by atoms with Crippen molar-refractivity contribution >= 4 is 17.4 Å². The standard InChI is InChI=1S/C13H13F3N2.C8H10N2.C7H13NO2/c1-3-8(2)12-17-10-5-4-9(13(14,15)16)6-11(7-10)18-12;1-6(2)8-4-9-7(3)10-5-8;9-7(10)5-6-1-3-8-4-2-6/h4-7,10H,2-3H2,1H3,(H,17,18);4-5H,1H2,2-3H3;6,8H,1-5H2,(H,9,10). The molecule has 4 rings (SSSR count). The third kappa shape index (κ3) is 10.5. The summed E-state index contributed by atoms with van der Waals surface area (Å²) in [5.41, 5.74) is 2.52. The number of fused-ring (bicyclic) bond motifs is 1. The Hall–Kier alpha value is -3.53. The Kier molecular flexibility index (Phi) is 11.6. The van der Waals surface area contributed by atoms with Crippen molar-refractivity contribution in [2.24, 2.45) is 10.9 Å². The highest BCUT2D eigenvalue weighted by molar-refractivity contribution is 6.00. The van der Waals surface area contributed by atoms with Gasteiger partial charge in [0, 0.05) is 30.1 Å². The Morgan fingerprint density at radius 2 is 1.82 bits per heavy atom. The summed E-state index contributed by atoms with van der Waals surface area (Å²) in [7, 11) is 0. The number of nitrogens with zero attached hydrogens (tertiary/aromatic N) is 3. The first-order valence-corrected chi connectivity index (χ1v) is 12.5. The van der Waals surface area contributed by atoms with E-state index in [0.29, 0.717) is 30.3 Å². The number of nitrogens with one attached hydrogen (secondary N) is 2. The minimum atomic E-state index is -4.35. The Morgan fingerprint density at radius 3 is 2.34 bits per heavy atom. The van der Waals surface area contributed by atoms with Crippen molar-refractivity contribution in [1.29, 1.82) is 0 Å². The van der Waals surface area contributed by atoms with Gasteiger partial charge in [0.25, 0.3) is 0 Å². The topological polar surface area (TPSA) is 99.5 Å². The summed E-state index contributed by atoms with van der Waals surface area (Å²) in [6, 6.07) is -0.365. The fourth-order valence-corrected chi connectivity index (χ4v) is 3.65. The van der Waals surface area contributed by atoms with Crippen LogP contribution in [-0.2, 0) is 4.79 Å². The van der Waals surface area contributed by atoms with Crippen molar-refractivity contribution in [2.45, 2.75) is 58.7 Å². The summed E-state index contributed by atoms with van der Waals surface area (Å²) < 4.78 is 38.0. The molecule has 3 aliphatic rings. The lowest BCUT2D eigenvalue weighted by Gasteiger charge is -2.20. The number of piperidine rings is 1. The predicted octanol–water partition coefficient (Wildman–Crippen LogP) is 5.54. The molecule has 1 aliphatic carbocycles. The zero-order chi connectivity index (χ0) is 28.3. The van der Waals surface area contributed by atoms with Crippen LogP contribution in [0.2, 0.25) is 0 Å². The molecule has 1 atom stereocenters. The quantitative estimate of drug-likeness (QED) is 0.461. The van der Waals surface area contributed by atoms with E-state index in [0.717, 1.165) is 60.6 Å². The van der Waals surface area contributed by atoms with Gasteiger partial charge in [0.05, 0.1) is 11.6 Å². The van der Waals surface area contributed by atoms with Crippen molar-refractivity contribution in [3.8, 4) is 0 Å². The molecule has 2 aliphatic heterocycles. The molecule has 1 saturated heterocycles. The minimum Gasteiger partial charge on any atom is -0.481 e. The van der Waals surface area contributed by atoms with Gasteiger partial charge in [-0.25, -0.2) is 9.97 Å². The van der Waals surface area contributed by atoms with Gasteiger partial charge in [-0.3, -0.25) is 9.79 Å². The van der Waals surface area contributed by atoms with Crippen LogP contribution >= 0.6 is 0 Å². The van der Waals surface area contributed by atoms with Crippen molar-refractivity contribution < 1.29 is 23.1 Å². The largest absolute Gasteiger partial charge is 0.481 e. The molecule has 0 amide bonds. The van der Waals surface area contributed by atoms with Crippen LogP contribution in [0.1, 0.15) is 50.9 Å². The van der Waals surface area contributed by atoms with E-state index < -0.39 is 17.7 Å². The maximum atomic E-state index is 12.7. The number of aliphatic carboxylic acids is 1. The number of alkyl halides is 3. The zero-order valence-corrected chi connectivity index (χ0v) is 22.1. The fraction of sp³-hybridized carbons (Fsp3) is 0.429. The van der Waals surface area contributed by atoms with E-state index in [4.69, 9.17) is 5.11 Å². The summed E-state index contributed by atoms with van der Waals surface area (Å²) in [5, 5.41) is 14.5. The SMILES string of the molecule is C=C(C)c1cnc(C)nc1.C=C(CC)C1=NC2C=CC(C(F)(F)F)=CC(=C2)N1.O=C(O)CC1CCNCC1. The molecule has 0 aromatic carbocycles. The number of aryl methyl sites for hydroxylation is 1. The van der Waals surface area contributed by atoms with Crippen LogP contribution in [-0.4, -0.2) is 52.2 Å². The van der Waals surface area contributed by atoms with Crippen LogP contribution in [0, 0.1) is 12.8 Å². The highest BCUT2D eigenvalue weighted by Gasteiger charge is 2.33. The lowest BCUT2D eigenvalue weighted by Crippen LogP contribution is -2.29. The molecule has 2 bridgehead atoms. The molecule has 1 aromatic rings. The summed E-state index contributed by atoms with van der Waals surface area (Å²) in [6.07, 6.45) is 7.56. The van der Waals surface area contributed by atoms with Gasteiger partial charge in [-0.1, -0.05) is 32.2 Å². The number of carboxylic acids is 1. The molecule has 3 heterocycles. The van der Waals surface area contributed by atoms with Gasteiger partial charge in [-0.2, -0.15) is 13.2 Å². The van der Waals surface area contributed by atoms with E-state index in [-0.39, 0.29) is 6.04 Å². The number of aliphatic imine (C=N–C) groups is 1. The number of amidine groups is 1. The number of hydrogen-bond donors (Lipinski definition) is 3. The maximum absolute atomic E-state index is 12.7. The first kappa shape index (κ1) is 30.7. The molecule has 1 unspecified atom stereocenters. The van der Waals surface area contributed by atoms with E-state index in [2.05, 4.69) is 38.8 Å². The van der Waals surface area contributed by atoms with Crippen LogP contribution in [0.3, 0.4) is 0 Å². The number of carboxylic acid groups (broad SMARTS) is 1. The minimum absolute atomic E-state index is 0.349. The number of halogens is 3. The summed E-state index contributed by atoms with van der Waals surface area (Å²) in [5.74, 6) is 1.11. The lowest BCUT2D eigenvalue weighted by molar-refractivity contribution is -0.138. The number of allylic oxidation sites excluding steroid dienone is 4. The van der Waals surface area contributed by atoms with Crippen LogP contribution in [0.5, 0.6) is 0 Å². The zero-order valence-electron chi connectivity index (χ0n) is 22.1. The van der Waals surface area contributed by atoms with Crippen LogP contribution in [0.4, 0.5) is 13.2 Å². The van der Waals surface area contributed by atoms with E-state index in [1.165, 1.54) is 6.08 Å². The third-order valence-electron chi connectivity index (χ3n) is 5.96. The average molecular weight is 532 g/mol. The Balaban J connectivity index is 0.000000216. The summed E-state index contributed by atoms with van der Waals surface area (Å²) >= 11 is 0. The molecule has 7 nitrogen and oxygen atoms in total. The molecule has 10 heteroatoms. The first-order chi connectivity index (χ1) is 17.9. The van der Waals surface area contributed by atoms with Gasteiger partial charge in [-0.15, -0.1) is 0 Å². The van der Waals surface area contributed by atoms with Gasteiger partial charge in [-0.05, 0) is 75.4 Å². The normalized spacial score (nSPS) is 18.6. The number of hydrogen-bond acceptors (Lipinski definition) is 6. The highest BCUT2D eigenvalue weighted by Crippen LogP contribution is 2.30. The van der Waals surface area contributed by atoms with E-state index >= 15 is 0 Å². The molecular formula is C28H36F3N5O2. The number of carbonyl (C=O) groups is 1. The fourth-order valence-electron chi connectivity index (χ4n) is 3.65. The Morgan fingerprint density at radius 1 is 1.18 bits per heavy atom. The second kappa shape index (κ2) is 14.4. The molecule has 0 saturated carbocycles. The van der Waals surface area contributed by atoms with Gasteiger partial charge in [0.15, 0.2) is 0 Å². The van der Waals surface area contributed by atoms with E-state index in [1.54, 1.807) is 18.5 Å². The van der Waals surface area contributed by atoms with Crippen LogP contribution in [0.25, 0.3) is 5.57 Å². The lowest BCUT2D eigenvalue weighted by atomic mass is 9.95. The Labute approximate surface area is 222 Å². The summed E-state index contributed by atoms with van der Waals surface area (Å²) in [4.78, 5) is 22.6. The molecule has 38 heavy (non-hydrogen) atoms. The summed E-state index contributed by atoms with van der Waals surface area (Å²) in [6.45, 7) is 15.3. The first-order valence-electron chi connectivity index (χ1n) is 12.5. The van der Waals surface area contributed by atoms with Gasteiger partial charge in [0.1, 0.15) is 11.7 Å². The molecule has 1 fully saturated rings. The van der Waals surface area contributed by atoms with Crippen LogP contribution in [0.15, 0.2) is 71.7 Å². The van der Waals surface area contributed by atoms with Gasteiger partial charge >= 0.3 is 12.1 Å². The smallest absolute Gasteiger partial charge is 0.416 e. The second-order valence-corrected chi connectivity index (χ2v) is 9.22. The molecule has 206 valence electrons. The van der Waals surface area contributed by atoms with Gasteiger partial charge < -0.3 is 15.7 Å². The monoisotopic (exact) mass is 531 g/mol. The van der Waals surface area contributed by atoms with Crippen molar-refractivity contribution in [2.75, 3.05) is 13.1 Å². The van der Waals surface area contributed by atoms with Crippen molar-refractivity contribution in [1.82, 2.24) is 20.6 Å². The van der Waals surface area contributed by atoms with Crippen molar-refractivity contribution in [3.63, 3.8) is 0 Å². The van der Waals surface area contributed by atoms with Crippen LogP contribution < -0.4 is 10.6 Å². The highest BCUT2D eigenvalue weighted by atomic mass is 19.4. The van der Waals surface area contributed by atoms with Gasteiger partial charge in [0.2, 0.25) is 0 Å². The second-order valence-electron chi connectivity index (χ2n) is 9.22.